The van der Waals surface area contributed by atoms with Crippen LogP contribution < -0.4 is 10.1 Å². The predicted molar refractivity (Wildman–Crippen MR) is 110 cm³/mol. The average molecular weight is 434 g/mol. The second-order valence-electron chi connectivity index (χ2n) is 6.19. The third kappa shape index (κ3) is 5.36. The van der Waals surface area contributed by atoms with Gasteiger partial charge in [0.2, 0.25) is 0 Å². The normalized spacial score (nSPS) is 13.5. The number of sulfone groups is 1. The summed E-state index contributed by atoms with van der Waals surface area (Å²) >= 11 is 1.35. The highest BCUT2D eigenvalue weighted by Crippen LogP contribution is 2.30. The first-order valence-corrected chi connectivity index (χ1v) is 11.4. The monoisotopic (exact) mass is 434 g/mol. The summed E-state index contributed by atoms with van der Waals surface area (Å²) in [5.74, 6) is -0.719. The molecule has 0 saturated heterocycles. The van der Waals surface area contributed by atoms with E-state index in [1.165, 1.54) is 23.9 Å². The first kappa shape index (κ1) is 20.9. The van der Waals surface area contributed by atoms with Gasteiger partial charge in [-0.3, -0.25) is 9.79 Å². The van der Waals surface area contributed by atoms with E-state index >= 15 is 0 Å². The molecule has 0 spiro atoms. The van der Waals surface area contributed by atoms with Crippen molar-refractivity contribution in [1.29, 1.82) is 0 Å². The lowest BCUT2D eigenvalue weighted by molar-refractivity contribution is 0.0696. The summed E-state index contributed by atoms with van der Waals surface area (Å²) in [6.07, 6.45) is 0.976. The van der Waals surface area contributed by atoms with E-state index in [1.54, 1.807) is 24.3 Å². The topological polar surface area (TPSA) is 122 Å². The summed E-state index contributed by atoms with van der Waals surface area (Å²) in [6.45, 7) is 1.50. The highest BCUT2D eigenvalue weighted by molar-refractivity contribution is 8.14. The fourth-order valence-electron chi connectivity index (χ4n) is 2.54. The summed E-state index contributed by atoms with van der Waals surface area (Å²) in [5.41, 5.74) is 0.339. The van der Waals surface area contributed by atoms with E-state index in [0.29, 0.717) is 17.9 Å². The Kier molecular flexibility index (Phi) is 6.23. The predicted octanol–water partition coefficient (Wildman–Crippen LogP) is 2.46. The number of ether oxygens (including phenoxy) is 1. The Morgan fingerprint density at radius 3 is 2.45 bits per heavy atom. The van der Waals surface area contributed by atoms with Crippen LogP contribution in [0.15, 0.2) is 52.4 Å². The van der Waals surface area contributed by atoms with Crippen LogP contribution in [0.3, 0.4) is 0 Å². The number of carboxylic acids is 1. The zero-order valence-electron chi connectivity index (χ0n) is 15.4. The number of carbonyl (C=O) groups excluding carboxylic acids is 1. The number of nitrogens with one attached hydrogen (secondary N) is 1. The molecule has 2 N–H and O–H groups in total. The molecule has 0 aromatic heterocycles. The molecule has 152 valence electrons. The molecule has 0 amide bonds. The molecule has 0 unspecified atom stereocenters. The van der Waals surface area contributed by atoms with Crippen molar-refractivity contribution in [2.75, 3.05) is 25.1 Å². The van der Waals surface area contributed by atoms with E-state index in [9.17, 15) is 18.0 Å². The number of benzene rings is 2. The molecular formula is C19H18N2O6S2. The van der Waals surface area contributed by atoms with E-state index < -0.39 is 15.8 Å². The Balaban J connectivity index is 1.74. The van der Waals surface area contributed by atoms with Crippen molar-refractivity contribution < 1.29 is 27.9 Å². The maximum absolute atomic E-state index is 12.3. The van der Waals surface area contributed by atoms with Crippen LogP contribution in [0.25, 0.3) is 0 Å². The van der Waals surface area contributed by atoms with Crippen LogP contribution in [0.4, 0.5) is 0 Å². The van der Waals surface area contributed by atoms with Gasteiger partial charge in [0.15, 0.2) is 20.8 Å². The number of Topliss-reactive ketones (excluding diaryl/α,β-unsaturated/α-hetero) is 1. The number of amidine groups is 1. The van der Waals surface area contributed by atoms with E-state index in [1.807, 2.05) is 0 Å². The fourth-order valence-corrected chi connectivity index (χ4v) is 4.18. The van der Waals surface area contributed by atoms with Crippen molar-refractivity contribution in [2.45, 2.75) is 4.90 Å². The minimum atomic E-state index is -3.71. The van der Waals surface area contributed by atoms with Crippen LogP contribution in [0.2, 0.25) is 0 Å². The van der Waals surface area contributed by atoms with Crippen LogP contribution in [-0.4, -0.2) is 55.5 Å². The molecule has 10 heteroatoms. The Morgan fingerprint density at radius 2 is 1.86 bits per heavy atom. The lowest BCUT2D eigenvalue weighted by Crippen LogP contribution is -2.17. The van der Waals surface area contributed by atoms with Gasteiger partial charge in [0.1, 0.15) is 16.4 Å². The van der Waals surface area contributed by atoms with Crippen molar-refractivity contribution in [2.24, 2.45) is 4.99 Å². The van der Waals surface area contributed by atoms with Gasteiger partial charge in [-0.05, 0) is 42.5 Å². The molecule has 2 aromatic rings. The van der Waals surface area contributed by atoms with Crippen LogP contribution in [0.1, 0.15) is 20.7 Å². The largest absolute Gasteiger partial charge is 0.478 e. The van der Waals surface area contributed by atoms with Gasteiger partial charge in [-0.1, -0.05) is 11.8 Å². The highest BCUT2D eigenvalue weighted by atomic mass is 32.2. The molecule has 0 aliphatic carbocycles. The minimum Gasteiger partial charge on any atom is -0.478 e. The summed E-state index contributed by atoms with van der Waals surface area (Å²) in [5, 5.41) is 12.9. The van der Waals surface area contributed by atoms with Gasteiger partial charge in [-0.25, -0.2) is 13.2 Å². The number of nitrogens with zero attached hydrogens (tertiary/aromatic N) is 1. The first-order valence-electron chi connectivity index (χ1n) is 8.53. The number of hydrogen-bond donors (Lipinski definition) is 2. The van der Waals surface area contributed by atoms with E-state index in [4.69, 9.17) is 9.84 Å². The molecule has 3 rings (SSSR count). The average Bonchev–Trinajstić information content (AvgIpc) is 3.19. The highest BCUT2D eigenvalue weighted by Gasteiger charge is 2.18. The zero-order chi connectivity index (χ0) is 21.0. The molecule has 0 saturated carbocycles. The third-order valence-electron chi connectivity index (χ3n) is 3.98. The standard InChI is InChI=1S/C19H18N2O6S2/c1-29(25,26)17-10-13(18(23)24)4-7-16(17)27-14-5-2-12(3-6-14)15(22)11-28-19-20-8-9-21-19/h2-7,10H,8-9,11H2,1H3,(H,20,21)(H,23,24). The molecule has 0 fully saturated rings. The molecule has 8 nitrogen and oxygen atoms in total. The maximum atomic E-state index is 12.3. The maximum Gasteiger partial charge on any atom is 0.335 e. The van der Waals surface area contributed by atoms with E-state index in [0.717, 1.165) is 24.0 Å². The van der Waals surface area contributed by atoms with Crippen molar-refractivity contribution in [3.05, 3.63) is 53.6 Å². The van der Waals surface area contributed by atoms with Gasteiger partial charge in [-0.15, -0.1) is 0 Å². The zero-order valence-corrected chi connectivity index (χ0v) is 17.0. The molecule has 2 aromatic carbocycles. The van der Waals surface area contributed by atoms with Gasteiger partial charge in [-0.2, -0.15) is 0 Å². The number of hydrogen-bond acceptors (Lipinski definition) is 8. The van der Waals surface area contributed by atoms with Gasteiger partial charge >= 0.3 is 5.97 Å². The van der Waals surface area contributed by atoms with E-state index in [2.05, 4.69) is 10.3 Å². The number of aromatic carboxylic acids is 1. The molecule has 1 aliphatic rings. The summed E-state index contributed by atoms with van der Waals surface area (Å²) in [7, 11) is -3.71. The molecular weight excluding hydrogens is 416 g/mol. The van der Waals surface area contributed by atoms with Crippen LogP contribution in [-0.2, 0) is 9.84 Å². The van der Waals surface area contributed by atoms with Crippen LogP contribution >= 0.6 is 11.8 Å². The molecule has 1 aliphatic heterocycles. The lowest BCUT2D eigenvalue weighted by Gasteiger charge is -2.11. The SMILES string of the molecule is CS(=O)(=O)c1cc(C(=O)O)ccc1Oc1ccc(C(=O)CSC2=NCCN2)cc1. The molecule has 1 heterocycles. The summed E-state index contributed by atoms with van der Waals surface area (Å²) < 4.78 is 29.6. The second kappa shape index (κ2) is 8.66. The van der Waals surface area contributed by atoms with Crippen molar-refractivity contribution in [1.82, 2.24) is 5.32 Å². The van der Waals surface area contributed by atoms with Crippen molar-refractivity contribution in [3.63, 3.8) is 0 Å². The van der Waals surface area contributed by atoms with Crippen molar-refractivity contribution >= 4 is 38.5 Å². The Hall–Kier alpha value is -2.85. The number of ketones is 1. The molecule has 29 heavy (non-hydrogen) atoms. The summed E-state index contributed by atoms with van der Waals surface area (Å²) in [4.78, 5) is 27.4. The Bertz CT molecular complexity index is 1080. The first-order chi connectivity index (χ1) is 13.7. The number of carbonyl (C=O) groups is 2. The van der Waals surface area contributed by atoms with Gasteiger partial charge in [0, 0.05) is 18.4 Å². The van der Waals surface area contributed by atoms with Gasteiger partial charge < -0.3 is 15.2 Å². The fraction of sp³-hybridized carbons (Fsp3) is 0.211. The van der Waals surface area contributed by atoms with Gasteiger partial charge in [0.25, 0.3) is 0 Å². The Morgan fingerprint density at radius 1 is 1.17 bits per heavy atom. The second-order valence-corrected chi connectivity index (χ2v) is 9.14. The van der Waals surface area contributed by atoms with E-state index in [-0.39, 0.29) is 27.7 Å². The number of rotatable bonds is 7. The Labute approximate surface area is 171 Å². The summed E-state index contributed by atoms with van der Waals surface area (Å²) in [6, 6.07) is 9.91. The minimum absolute atomic E-state index is 0.0115. The molecule has 0 bridgehead atoms. The quantitative estimate of drug-likeness (QED) is 0.637. The molecule has 0 atom stereocenters. The van der Waals surface area contributed by atoms with Crippen LogP contribution in [0, 0.1) is 0 Å². The number of carboxylic acid groups (broad SMARTS) is 1. The van der Waals surface area contributed by atoms with Crippen molar-refractivity contribution in [3.8, 4) is 11.5 Å². The van der Waals surface area contributed by atoms with Crippen LogP contribution in [0.5, 0.6) is 11.5 Å². The smallest absolute Gasteiger partial charge is 0.335 e. The third-order valence-corrected chi connectivity index (χ3v) is 6.05. The lowest BCUT2D eigenvalue weighted by atomic mass is 10.1. The van der Waals surface area contributed by atoms with Gasteiger partial charge in [0.05, 0.1) is 17.9 Å². The number of aliphatic imine (C=N–C) groups is 1. The molecule has 0 radical (unpaired) electrons. The number of thioether (sulfide) groups is 1.